The van der Waals surface area contributed by atoms with Crippen molar-refractivity contribution in [3.05, 3.63) is 60.1 Å². The average molecular weight is 344 g/mol. The van der Waals surface area contributed by atoms with Crippen LogP contribution in [-0.2, 0) is 26.3 Å². The Balaban J connectivity index is 1.77. The van der Waals surface area contributed by atoms with Crippen LogP contribution in [0.5, 0.6) is 0 Å². The number of rotatable bonds is 6. The highest BCUT2D eigenvalue weighted by Crippen LogP contribution is 2.24. The molecule has 0 atom stereocenters. The third kappa shape index (κ3) is 5.20. The van der Waals surface area contributed by atoms with E-state index in [0.717, 1.165) is 5.56 Å². The number of furan rings is 1. The van der Waals surface area contributed by atoms with Gasteiger partial charge in [0.2, 0.25) is 0 Å². The Morgan fingerprint density at radius 1 is 1.08 bits per heavy atom. The third-order valence-electron chi connectivity index (χ3n) is 3.60. The zero-order valence-corrected chi connectivity index (χ0v) is 14.1. The van der Waals surface area contributed by atoms with Gasteiger partial charge in [-0.05, 0) is 31.5 Å². The van der Waals surface area contributed by atoms with Crippen LogP contribution in [0.1, 0.15) is 25.2 Å². The summed E-state index contributed by atoms with van der Waals surface area (Å²) < 4.78 is 10.1. The molecule has 0 bridgehead atoms. The number of carbonyl (C=O) groups is 3. The summed E-state index contributed by atoms with van der Waals surface area (Å²) in [4.78, 5) is 35.5. The predicted molar refractivity (Wildman–Crippen MR) is 89.5 cm³/mol. The number of carbonyl (C=O) groups excluding carboxylic acids is 3. The van der Waals surface area contributed by atoms with E-state index in [-0.39, 0.29) is 6.54 Å². The van der Waals surface area contributed by atoms with E-state index in [1.54, 1.807) is 26.0 Å². The van der Waals surface area contributed by atoms with Crippen LogP contribution >= 0.6 is 0 Å². The van der Waals surface area contributed by atoms with Gasteiger partial charge in [-0.1, -0.05) is 30.3 Å². The molecule has 0 radical (unpaired) electrons. The van der Waals surface area contributed by atoms with Crippen molar-refractivity contribution in [2.24, 2.45) is 0 Å². The quantitative estimate of drug-likeness (QED) is 0.782. The van der Waals surface area contributed by atoms with Crippen LogP contribution in [0.3, 0.4) is 0 Å². The van der Waals surface area contributed by atoms with Crippen molar-refractivity contribution in [3.63, 3.8) is 0 Å². The summed E-state index contributed by atoms with van der Waals surface area (Å²) in [6.07, 6.45) is 1.48. The topological polar surface area (TPSA) is 97.6 Å². The van der Waals surface area contributed by atoms with Crippen molar-refractivity contribution in [3.8, 4) is 0 Å². The molecule has 3 amide bonds. The molecular weight excluding hydrogens is 324 g/mol. The van der Waals surface area contributed by atoms with Crippen LogP contribution in [0.2, 0.25) is 0 Å². The predicted octanol–water partition coefficient (Wildman–Crippen LogP) is 2.13. The minimum absolute atomic E-state index is 0.146. The van der Waals surface area contributed by atoms with Crippen LogP contribution in [0, 0.1) is 0 Å². The van der Waals surface area contributed by atoms with Crippen molar-refractivity contribution in [1.29, 1.82) is 0 Å². The first kappa shape index (κ1) is 18.3. The lowest BCUT2D eigenvalue weighted by atomic mass is 9.85. The Morgan fingerprint density at radius 2 is 1.80 bits per heavy atom. The second-order valence-electron chi connectivity index (χ2n) is 5.88. The van der Waals surface area contributed by atoms with Gasteiger partial charge < -0.3 is 14.5 Å². The monoisotopic (exact) mass is 344 g/mol. The fraction of sp³-hybridized carbons (Fsp3) is 0.278. The maximum absolute atomic E-state index is 12.2. The molecule has 0 fully saturated rings. The highest BCUT2D eigenvalue weighted by Gasteiger charge is 2.31. The molecule has 132 valence electrons. The summed E-state index contributed by atoms with van der Waals surface area (Å²) in [5, 5.41) is 4.54. The summed E-state index contributed by atoms with van der Waals surface area (Å²) >= 11 is 0. The summed E-state index contributed by atoms with van der Waals surface area (Å²) in [6, 6.07) is 11.8. The number of amides is 3. The minimum atomic E-state index is -0.900. The lowest BCUT2D eigenvalue weighted by Gasteiger charge is -2.22. The van der Waals surface area contributed by atoms with Gasteiger partial charge in [-0.25, -0.2) is 4.79 Å². The second kappa shape index (κ2) is 8.14. The minimum Gasteiger partial charge on any atom is -0.467 e. The molecule has 0 aliphatic carbocycles. The maximum Gasteiger partial charge on any atom is 0.321 e. The molecule has 0 saturated carbocycles. The number of benzene rings is 1. The van der Waals surface area contributed by atoms with Gasteiger partial charge in [0.15, 0.2) is 6.61 Å². The molecule has 0 unspecified atom stereocenters. The van der Waals surface area contributed by atoms with Crippen LogP contribution in [0.15, 0.2) is 53.1 Å². The summed E-state index contributed by atoms with van der Waals surface area (Å²) in [5.74, 6) is -0.711. The number of hydrogen-bond acceptors (Lipinski definition) is 5. The Hall–Kier alpha value is -3.09. The number of esters is 1. The highest BCUT2D eigenvalue weighted by molar-refractivity contribution is 5.96. The Bertz CT molecular complexity index is 723. The standard InChI is InChI=1S/C18H20N2O5/c1-18(2,13-7-4-3-5-8-13)16(22)25-12-15(21)20-17(23)19-11-14-9-6-10-24-14/h3-10H,11-12H2,1-2H3,(H2,19,20,21,23). The summed E-state index contributed by atoms with van der Waals surface area (Å²) in [5.41, 5.74) is -0.125. The number of ether oxygens (including phenoxy) is 1. The van der Waals surface area contributed by atoms with E-state index in [4.69, 9.17) is 9.15 Å². The van der Waals surface area contributed by atoms with Gasteiger partial charge in [0.1, 0.15) is 5.76 Å². The van der Waals surface area contributed by atoms with E-state index in [9.17, 15) is 14.4 Å². The van der Waals surface area contributed by atoms with Crippen molar-refractivity contribution in [1.82, 2.24) is 10.6 Å². The Morgan fingerprint density at radius 3 is 2.44 bits per heavy atom. The van der Waals surface area contributed by atoms with Gasteiger partial charge >= 0.3 is 12.0 Å². The first-order valence-corrected chi connectivity index (χ1v) is 7.72. The van der Waals surface area contributed by atoms with E-state index in [1.807, 2.05) is 30.3 Å². The number of nitrogens with one attached hydrogen (secondary N) is 2. The van der Waals surface area contributed by atoms with E-state index in [2.05, 4.69) is 10.6 Å². The molecular formula is C18H20N2O5. The Labute approximate surface area is 145 Å². The molecule has 1 heterocycles. The van der Waals surface area contributed by atoms with E-state index < -0.39 is 29.9 Å². The molecule has 2 N–H and O–H groups in total. The van der Waals surface area contributed by atoms with Gasteiger partial charge in [-0.15, -0.1) is 0 Å². The Kier molecular flexibility index (Phi) is 5.94. The number of urea groups is 1. The van der Waals surface area contributed by atoms with Crippen LogP contribution in [0.25, 0.3) is 0 Å². The molecule has 0 spiro atoms. The van der Waals surface area contributed by atoms with Crippen LogP contribution in [0.4, 0.5) is 4.79 Å². The first-order valence-electron chi connectivity index (χ1n) is 7.72. The van der Waals surface area contributed by atoms with Crippen LogP contribution < -0.4 is 10.6 Å². The molecule has 25 heavy (non-hydrogen) atoms. The molecule has 7 heteroatoms. The van der Waals surface area contributed by atoms with Gasteiger partial charge in [0, 0.05) is 0 Å². The fourth-order valence-electron chi connectivity index (χ4n) is 2.07. The van der Waals surface area contributed by atoms with Crippen LogP contribution in [-0.4, -0.2) is 24.5 Å². The van der Waals surface area contributed by atoms with Crippen molar-refractivity contribution in [2.45, 2.75) is 25.8 Å². The molecule has 0 saturated heterocycles. The molecule has 0 aliphatic heterocycles. The molecule has 7 nitrogen and oxygen atoms in total. The first-order chi connectivity index (χ1) is 11.9. The SMILES string of the molecule is CC(C)(C(=O)OCC(=O)NC(=O)NCc1ccco1)c1ccccc1. The number of hydrogen-bond donors (Lipinski definition) is 2. The largest absolute Gasteiger partial charge is 0.467 e. The van der Waals surface area contributed by atoms with Gasteiger partial charge in [0.25, 0.3) is 5.91 Å². The normalized spacial score (nSPS) is 10.8. The molecule has 1 aromatic carbocycles. The maximum atomic E-state index is 12.2. The summed E-state index contributed by atoms with van der Waals surface area (Å²) in [7, 11) is 0. The molecule has 1 aromatic heterocycles. The summed E-state index contributed by atoms with van der Waals surface area (Å²) in [6.45, 7) is 3.02. The fourth-order valence-corrected chi connectivity index (χ4v) is 2.07. The number of imide groups is 1. The highest BCUT2D eigenvalue weighted by atomic mass is 16.5. The van der Waals surface area contributed by atoms with E-state index >= 15 is 0 Å². The smallest absolute Gasteiger partial charge is 0.321 e. The van der Waals surface area contributed by atoms with E-state index in [1.165, 1.54) is 6.26 Å². The van der Waals surface area contributed by atoms with Crippen molar-refractivity contribution >= 4 is 17.9 Å². The van der Waals surface area contributed by atoms with Crippen molar-refractivity contribution < 1.29 is 23.5 Å². The average Bonchev–Trinajstić information content (AvgIpc) is 3.12. The van der Waals surface area contributed by atoms with Gasteiger partial charge in [-0.2, -0.15) is 0 Å². The molecule has 2 aromatic rings. The lowest BCUT2D eigenvalue weighted by Crippen LogP contribution is -2.42. The lowest BCUT2D eigenvalue weighted by molar-refractivity contribution is -0.153. The molecule has 2 rings (SSSR count). The van der Waals surface area contributed by atoms with E-state index in [0.29, 0.717) is 5.76 Å². The zero-order chi connectivity index (χ0) is 18.3. The third-order valence-corrected chi connectivity index (χ3v) is 3.60. The van der Waals surface area contributed by atoms with Gasteiger partial charge in [-0.3, -0.25) is 14.9 Å². The second-order valence-corrected chi connectivity index (χ2v) is 5.88. The molecule has 0 aliphatic rings. The van der Waals surface area contributed by atoms with Crippen molar-refractivity contribution in [2.75, 3.05) is 6.61 Å². The zero-order valence-electron chi connectivity index (χ0n) is 14.1. The van der Waals surface area contributed by atoms with Gasteiger partial charge in [0.05, 0.1) is 18.2 Å².